The number of hydrogen-bond acceptors (Lipinski definition) is 4. The average molecular weight is 339 g/mol. The number of carbonyl (C=O) groups excluding carboxylic acids is 1. The molecular weight excluding hydrogens is 306 g/mol. The van der Waals surface area contributed by atoms with Crippen LogP contribution in [0.2, 0.25) is 0 Å². The zero-order valence-electron chi connectivity index (χ0n) is 15.2. The Kier molecular flexibility index (Phi) is 8.06. The summed E-state index contributed by atoms with van der Waals surface area (Å²) in [5.74, 6) is 0.840. The van der Waals surface area contributed by atoms with Crippen LogP contribution in [0.1, 0.15) is 58.8 Å². The van der Waals surface area contributed by atoms with Crippen molar-refractivity contribution in [3.8, 4) is 0 Å². The Morgan fingerprint density at radius 2 is 1.96 bits per heavy atom. The Morgan fingerprint density at radius 3 is 2.58 bits per heavy atom. The van der Waals surface area contributed by atoms with Crippen molar-refractivity contribution in [3.05, 3.63) is 11.8 Å². The summed E-state index contributed by atoms with van der Waals surface area (Å²) in [6.07, 6.45) is 8.95. The lowest BCUT2D eigenvalue weighted by molar-refractivity contribution is -0.174. The van der Waals surface area contributed by atoms with Gasteiger partial charge in [0, 0.05) is 32.2 Å². The van der Waals surface area contributed by atoms with E-state index in [1.165, 1.54) is 19.3 Å². The van der Waals surface area contributed by atoms with Gasteiger partial charge in [-0.1, -0.05) is 26.2 Å². The third-order valence-electron chi connectivity index (χ3n) is 5.06. The molecule has 1 N–H and O–H groups in total. The third kappa shape index (κ3) is 5.21. The van der Waals surface area contributed by atoms with Crippen molar-refractivity contribution in [2.75, 3.05) is 26.3 Å². The molecule has 1 fully saturated rings. The van der Waals surface area contributed by atoms with Crippen molar-refractivity contribution in [2.45, 2.75) is 65.1 Å². The highest BCUT2D eigenvalue weighted by Gasteiger charge is 2.35. The van der Waals surface area contributed by atoms with Crippen LogP contribution in [0, 0.1) is 11.8 Å². The molecule has 0 unspecified atom stereocenters. The summed E-state index contributed by atoms with van der Waals surface area (Å²) in [5, 5.41) is 9.10. The summed E-state index contributed by atoms with van der Waals surface area (Å²) >= 11 is 0. The normalized spacial score (nSPS) is 28.5. The van der Waals surface area contributed by atoms with Gasteiger partial charge in [0.15, 0.2) is 5.76 Å². The van der Waals surface area contributed by atoms with Crippen LogP contribution < -0.4 is 0 Å². The van der Waals surface area contributed by atoms with Gasteiger partial charge >= 0.3 is 0 Å². The Hall–Kier alpha value is -1.07. The maximum Gasteiger partial charge on any atom is 0.288 e. The number of allylic oxidation sites excluding steroid dienone is 1. The first-order valence-electron chi connectivity index (χ1n) is 9.57. The Morgan fingerprint density at radius 1 is 1.29 bits per heavy atom. The highest BCUT2D eigenvalue weighted by molar-refractivity contribution is 5.91. The van der Waals surface area contributed by atoms with E-state index in [1.54, 1.807) is 0 Å². The van der Waals surface area contributed by atoms with E-state index in [9.17, 15) is 4.79 Å². The van der Waals surface area contributed by atoms with E-state index in [0.717, 1.165) is 38.8 Å². The lowest BCUT2D eigenvalue weighted by Crippen LogP contribution is -2.41. The molecule has 2 aliphatic heterocycles. The van der Waals surface area contributed by atoms with E-state index in [-0.39, 0.29) is 24.3 Å². The molecule has 0 aromatic rings. The minimum Gasteiger partial charge on any atom is -0.459 e. The molecule has 2 aliphatic rings. The molecule has 0 aromatic heterocycles. The van der Waals surface area contributed by atoms with E-state index in [2.05, 4.69) is 6.92 Å². The number of aliphatic hydroxyl groups excluding tert-OH is 1. The molecule has 0 spiro atoms. The van der Waals surface area contributed by atoms with E-state index >= 15 is 0 Å². The lowest BCUT2D eigenvalue weighted by Gasteiger charge is -2.36. The van der Waals surface area contributed by atoms with Gasteiger partial charge in [-0.2, -0.15) is 0 Å². The number of rotatable bonds is 6. The van der Waals surface area contributed by atoms with Crippen LogP contribution in [0.15, 0.2) is 11.8 Å². The first-order valence-corrected chi connectivity index (χ1v) is 9.57. The highest BCUT2D eigenvalue weighted by Crippen LogP contribution is 2.33. The number of likely N-dealkylation sites (tertiary alicyclic amines) is 1. The summed E-state index contributed by atoms with van der Waals surface area (Å²) in [6.45, 7) is 6.42. The van der Waals surface area contributed by atoms with Crippen LogP contribution in [0.25, 0.3) is 0 Å². The molecule has 138 valence electrons. The van der Waals surface area contributed by atoms with Crippen molar-refractivity contribution in [3.63, 3.8) is 0 Å². The fraction of sp³-hybridized carbons (Fsp3) is 0.842. The summed E-state index contributed by atoms with van der Waals surface area (Å²) in [5.41, 5.74) is 0. The van der Waals surface area contributed by atoms with E-state index < -0.39 is 6.29 Å². The smallest absolute Gasteiger partial charge is 0.288 e. The monoisotopic (exact) mass is 339 g/mol. The predicted octanol–water partition coefficient (Wildman–Crippen LogP) is 3.08. The Labute approximate surface area is 146 Å². The molecule has 0 bridgehead atoms. The van der Waals surface area contributed by atoms with Crippen LogP contribution in [-0.4, -0.2) is 48.5 Å². The molecule has 1 saturated heterocycles. The van der Waals surface area contributed by atoms with Crippen molar-refractivity contribution < 1.29 is 19.4 Å². The van der Waals surface area contributed by atoms with Crippen molar-refractivity contribution in [1.29, 1.82) is 0 Å². The van der Waals surface area contributed by atoms with Gasteiger partial charge in [-0.15, -0.1) is 0 Å². The summed E-state index contributed by atoms with van der Waals surface area (Å²) in [4.78, 5) is 14.8. The summed E-state index contributed by atoms with van der Waals surface area (Å²) in [7, 11) is 0. The van der Waals surface area contributed by atoms with E-state index in [0.29, 0.717) is 12.4 Å². The average Bonchev–Trinajstić information content (AvgIpc) is 2.53. The molecule has 2 rings (SSSR count). The fourth-order valence-corrected chi connectivity index (χ4v) is 3.64. The number of carbonyl (C=O) groups is 1. The van der Waals surface area contributed by atoms with Gasteiger partial charge in [-0.25, -0.2) is 0 Å². The third-order valence-corrected chi connectivity index (χ3v) is 5.06. The quantitative estimate of drug-likeness (QED) is 0.808. The second kappa shape index (κ2) is 10.0. The maximum absolute atomic E-state index is 12.9. The highest BCUT2D eigenvalue weighted by atomic mass is 16.7. The first kappa shape index (κ1) is 19.3. The lowest BCUT2D eigenvalue weighted by atomic mass is 9.86. The molecule has 1 amide bonds. The van der Waals surface area contributed by atoms with Crippen molar-refractivity contribution in [1.82, 2.24) is 4.90 Å². The zero-order valence-corrected chi connectivity index (χ0v) is 15.2. The van der Waals surface area contributed by atoms with Gasteiger partial charge in [0.2, 0.25) is 6.29 Å². The Balaban J connectivity index is 2.06. The van der Waals surface area contributed by atoms with Crippen LogP contribution in [-0.2, 0) is 14.3 Å². The number of ether oxygens (including phenoxy) is 2. The van der Waals surface area contributed by atoms with Crippen LogP contribution >= 0.6 is 0 Å². The summed E-state index contributed by atoms with van der Waals surface area (Å²) < 4.78 is 11.7. The second-order valence-corrected chi connectivity index (χ2v) is 6.92. The Bertz CT molecular complexity index is 416. The first-order chi connectivity index (χ1) is 11.7. The molecule has 0 aliphatic carbocycles. The van der Waals surface area contributed by atoms with Gasteiger partial charge in [0.1, 0.15) is 0 Å². The number of amides is 1. The van der Waals surface area contributed by atoms with E-state index in [4.69, 9.17) is 14.6 Å². The molecule has 24 heavy (non-hydrogen) atoms. The van der Waals surface area contributed by atoms with Gasteiger partial charge < -0.3 is 19.5 Å². The summed E-state index contributed by atoms with van der Waals surface area (Å²) in [6, 6.07) is 0. The van der Waals surface area contributed by atoms with Gasteiger partial charge in [-0.3, -0.25) is 4.79 Å². The number of hydrogen-bond donors (Lipinski definition) is 1. The molecule has 0 aromatic carbocycles. The van der Waals surface area contributed by atoms with Crippen LogP contribution in [0.4, 0.5) is 0 Å². The van der Waals surface area contributed by atoms with Crippen molar-refractivity contribution >= 4 is 5.91 Å². The molecule has 0 saturated carbocycles. The number of nitrogens with zero attached hydrogens (tertiary/aromatic N) is 1. The van der Waals surface area contributed by atoms with Crippen molar-refractivity contribution in [2.24, 2.45) is 11.8 Å². The van der Waals surface area contributed by atoms with Gasteiger partial charge in [0.25, 0.3) is 5.91 Å². The molecule has 2 heterocycles. The largest absolute Gasteiger partial charge is 0.459 e. The molecular formula is C19H33NO4. The van der Waals surface area contributed by atoms with E-state index in [1.807, 2.05) is 17.9 Å². The maximum atomic E-state index is 12.9. The minimum atomic E-state index is -0.393. The number of aliphatic hydroxyl groups is 1. The predicted molar refractivity (Wildman–Crippen MR) is 93.2 cm³/mol. The zero-order chi connectivity index (χ0) is 17.4. The van der Waals surface area contributed by atoms with Crippen LogP contribution in [0.5, 0.6) is 0 Å². The molecule has 3 atom stereocenters. The SMILES string of the molecule is CCO[C@@H]1OC(C(=O)N2CCCCCCC2)=C[C@H](C)[C@@H]1CCCO. The topological polar surface area (TPSA) is 59.0 Å². The molecule has 5 nitrogen and oxygen atoms in total. The second-order valence-electron chi connectivity index (χ2n) is 6.92. The van der Waals surface area contributed by atoms with Gasteiger partial charge in [0.05, 0.1) is 0 Å². The standard InChI is InChI=1S/C19H33NO4/c1-3-23-19-16(10-9-13-21)15(2)14-17(24-19)18(22)20-11-7-5-4-6-8-12-20/h14-16,19,21H,3-13H2,1-2H3/t15-,16-,19+/m0/s1. The minimum absolute atomic E-state index is 0.00839. The molecule has 5 heteroatoms. The van der Waals surface area contributed by atoms with Gasteiger partial charge in [-0.05, 0) is 44.6 Å². The molecule has 0 radical (unpaired) electrons. The fourth-order valence-electron chi connectivity index (χ4n) is 3.64. The van der Waals surface area contributed by atoms with Crippen LogP contribution in [0.3, 0.4) is 0 Å².